The Morgan fingerprint density at radius 3 is 2.76 bits per heavy atom. The van der Waals surface area contributed by atoms with E-state index in [9.17, 15) is 0 Å². The average Bonchev–Trinajstić information content (AvgIpc) is 2.63. The first-order chi connectivity index (χ1) is 8.24. The Balaban J connectivity index is 1.88. The smallest absolute Gasteiger partial charge is 0.0500 e. The van der Waals surface area contributed by atoms with E-state index >= 15 is 0 Å². The minimum atomic E-state index is 0.448. The number of hydrogen-bond donors (Lipinski definition) is 1. The van der Waals surface area contributed by atoms with Crippen molar-refractivity contribution in [1.82, 2.24) is 10.2 Å². The molecule has 0 aromatic carbocycles. The van der Waals surface area contributed by atoms with Crippen LogP contribution in [0.15, 0.2) is 0 Å². The summed E-state index contributed by atoms with van der Waals surface area (Å²) in [5, 5.41) is 3.82. The largest absolute Gasteiger partial charge is 0.384 e. The fourth-order valence-electron chi connectivity index (χ4n) is 3.54. The van der Waals surface area contributed by atoms with Crippen molar-refractivity contribution in [2.24, 2.45) is 5.92 Å². The number of nitrogens with one attached hydrogen (secondary N) is 1. The predicted molar refractivity (Wildman–Crippen MR) is 71.3 cm³/mol. The van der Waals surface area contributed by atoms with Crippen molar-refractivity contribution >= 4 is 0 Å². The highest BCUT2D eigenvalue weighted by Gasteiger charge is 2.36. The van der Waals surface area contributed by atoms with Gasteiger partial charge in [-0.3, -0.25) is 0 Å². The van der Waals surface area contributed by atoms with Gasteiger partial charge in [-0.1, -0.05) is 19.8 Å². The summed E-state index contributed by atoms with van der Waals surface area (Å²) in [6.07, 6.45) is 6.87. The monoisotopic (exact) mass is 240 g/mol. The second kappa shape index (κ2) is 6.17. The van der Waals surface area contributed by atoms with E-state index in [0.717, 1.165) is 6.61 Å². The molecular weight excluding hydrogens is 212 g/mol. The molecule has 2 rings (SSSR count). The maximum Gasteiger partial charge on any atom is 0.0500 e. The SMILES string of the molecule is COCC(C)CN1CCCNC2(CCCC2)C1. The third-order valence-corrected chi connectivity index (χ3v) is 4.26. The van der Waals surface area contributed by atoms with Gasteiger partial charge in [0.2, 0.25) is 0 Å². The van der Waals surface area contributed by atoms with E-state index in [1.54, 1.807) is 7.11 Å². The maximum absolute atomic E-state index is 5.25. The standard InChI is InChI=1S/C14H28N2O/c1-13(11-17-2)10-16-9-5-8-15-14(12-16)6-3-4-7-14/h13,15H,3-12H2,1-2H3. The minimum absolute atomic E-state index is 0.448. The van der Waals surface area contributed by atoms with Crippen molar-refractivity contribution in [3.8, 4) is 0 Å². The third-order valence-electron chi connectivity index (χ3n) is 4.26. The quantitative estimate of drug-likeness (QED) is 0.812. The zero-order valence-electron chi connectivity index (χ0n) is 11.5. The van der Waals surface area contributed by atoms with Crippen molar-refractivity contribution in [2.75, 3.05) is 39.9 Å². The van der Waals surface area contributed by atoms with Gasteiger partial charge in [0.1, 0.15) is 0 Å². The molecule has 0 aromatic heterocycles. The van der Waals surface area contributed by atoms with Crippen LogP contribution in [-0.2, 0) is 4.74 Å². The molecule has 1 unspecified atom stereocenters. The van der Waals surface area contributed by atoms with Gasteiger partial charge < -0.3 is 15.0 Å². The van der Waals surface area contributed by atoms with Crippen LogP contribution < -0.4 is 5.32 Å². The average molecular weight is 240 g/mol. The molecule has 100 valence electrons. The molecule has 0 radical (unpaired) electrons. The van der Waals surface area contributed by atoms with E-state index in [2.05, 4.69) is 17.1 Å². The fourth-order valence-corrected chi connectivity index (χ4v) is 3.54. The molecule has 1 saturated carbocycles. The van der Waals surface area contributed by atoms with Crippen LogP contribution in [0.5, 0.6) is 0 Å². The maximum atomic E-state index is 5.25. The van der Waals surface area contributed by atoms with Gasteiger partial charge in [0, 0.05) is 32.3 Å². The molecule has 1 aliphatic carbocycles. The van der Waals surface area contributed by atoms with Crippen LogP contribution in [0, 0.1) is 5.92 Å². The van der Waals surface area contributed by atoms with Gasteiger partial charge in [-0.15, -0.1) is 0 Å². The molecular formula is C14H28N2O. The van der Waals surface area contributed by atoms with Crippen LogP contribution in [0.2, 0.25) is 0 Å². The van der Waals surface area contributed by atoms with Gasteiger partial charge in [0.15, 0.2) is 0 Å². The zero-order chi connectivity index (χ0) is 12.1. The highest BCUT2D eigenvalue weighted by molar-refractivity contribution is 4.96. The third kappa shape index (κ3) is 3.67. The van der Waals surface area contributed by atoms with Crippen LogP contribution in [0.3, 0.4) is 0 Å². The summed E-state index contributed by atoms with van der Waals surface area (Å²) < 4.78 is 5.25. The Labute approximate surface area is 106 Å². The lowest BCUT2D eigenvalue weighted by Crippen LogP contribution is -2.50. The van der Waals surface area contributed by atoms with Gasteiger partial charge in [-0.05, 0) is 38.3 Å². The van der Waals surface area contributed by atoms with Gasteiger partial charge in [0.25, 0.3) is 0 Å². The van der Waals surface area contributed by atoms with Gasteiger partial charge in [0.05, 0.1) is 0 Å². The van der Waals surface area contributed by atoms with Crippen molar-refractivity contribution < 1.29 is 4.74 Å². The van der Waals surface area contributed by atoms with Crippen LogP contribution in [0.1, 0.15) is 39.0 Å². The van der Waals surface area contributed by atoms with Crippen molar-refractivity contribution in [3.05, 3.63) is 0 Å². The normalized spacial score (nSPS) is 27.2. The van der Waals surface area contributed by atoms with Gasteiger partial charge in [-0.2, -0.15) is 0 Å². The lowest BCUT2D eigenvalue weighted by molar-refractivity contribution is 0.119. The fraction of sp³-hybridized carbons (Fsp3) is 1.00. The van der Waals surface area contributed by atoms with E-state index in [-0.39, 0.29) is 0 Å². The van der Waals surface area contributed by atoms with Crippen LogP contribution in [0.4, 0.5) is 0 Å². The molecule has 1 heterocycles. The minimum Gasteiger partial charge on any atom is -0.384 e. The number of hydrogen-bond acceptors (Lipinski definition) is 3. The Morgan fingerprint density at radius 2 is 2.06 bits per heavy atom. The van der Waals surface area contributed by atoms with Crippen molar-refractivity contribution in [2.45, 2.75) is 44.6 Å². The summed E-state index contributed by atoms with van der Waals surface area (Å²) >= 11 is 0. The summed E-state index contributed by atoms with van der Waals surface area (Å²) in [5.74, 6) is 0.650. The van der Waals surface area contributed by atoms with E-state index in [1.165, 1.54) is 58.3 Å². The van der Waals surface area contributed by atoms with E-state index < -0.39 is 0 Å². The first-order valence-electron chi connectivity index (χ1n) is 7.20. The summed E-state index contributed by atoms with van der Waals surface area (Å²) in [6, 6.07) is 0. The molecule has 2 aliphatic rings. The molecule has 0 bridgehead atoms. The Hall–Kier alpha value is -0.120. The molecule has 1 spiro atoms. The summed E-state index contributed by atoms with van der Waals surface area (Å²) in [4.78, 5) is 2.66. The van der Waals surface area contributed by atoms with Gasteiger partial charge >= 0.3 is 0 Å². The zero-order valence-corrected chi connectivity index (χ0v) is 11.5. The van der Waals surface area contributed by atoms with E-state index in [4.69, 9.17) is 4.74 Å². The van der Waals surface area contributed by atoms with Crippen LogP contribution >= 0.6 is 0 Å². The first kappa shape index (κ1) is 13.3. The van der Waals surface area contributed by atoms with Crippen molar-refractivity contribution in [3.63, 3.8) is 0 Å². The molecule has 1 N–H and O–H groups in total. The molecule has 3 nitrogen and oxygen atoms in total. The van der Waals surface area contributed by atoms with E-state index in [0.29, 0.717) is 11.5 Å². The predicted octanol–water partition coefficient (Wildman–Crippen LogP) is 1.88. The lowest BCUT2D eigenvalue weighted by Gasteiger charge is -2.34. The number of ether oxygens (including phenoxy) is 1. The molecule has 0 amide bonds. The number of methoxy groups -OCH3 is 1. The summed E-state index contributed by atoms with van der Waals surface area (Å²) in [5.41, 5.74) is 0.448. The number of nitrogens with zero attached hydrogens (tertiary/aromatic N) is 1. The Bertz CT molecular complexity index is 226. The van der Waals surface area contributed by atoms with Crippen LogP contribution in [-0.4, -0.2) is 50.3 Å². The lowest BCUT2D eigenvalue weighted by atomic mass is 9.97. The highest BCUT2D eigenvalue weighted by atomic mass is 16.5. The summed E-state index contributed by atoms with van der Waals surface area (Å²) in [6.45, 7) is 8.08. The molecule has 2 fully saturated rings. The molecule has 17 heavy (non-hydrogen) atoms. The molecule has 1 atom stereocenters. The molecule has 1 aliphatic heterocycles. The van der Waals surface area contributed by atoms with Crippen molar-refractivity contribution in [1.29, 1.82) is 0 Å². The molecule has 3 heteroatoms. The first-order valence-corrected chi connectivity index (χ1v) is 7.20. The van der Waals surface area contributed by atoms with Crippen LogP contribution in [0.25, 0.3) is 0 Å². The molecule has 0 aromatic rings. The Morgan fingerprint density at radius 1 is 1.29 bits per heavy atom. The topological polar surface area (TPSA) is 24.5 Å². The summed E-state index contributed by atoms with van der Waals surface area (Å²) in [7, 11) is 1.80. The van der Waals surface area contributed by atoms with E-state index in [1.807, 2.05) is 0 Å². The second-order valence-corrected chi connectivity index (χ2v) is 6.06. The second-order valence-electron chi connectivity index (χ2n) is 6.06. The number of rotatable bonds is 4. The van der Waals surface area contributed by atoms with Gasteiger partial charge in [-0.25, -0.2) is 0 Å². The Kier molecular flexibility index (Phi) is 4.83. The highest BCUT2D eigenvalue weighted by Crippen LogP contribution is 2.31. The molecule has 1 saturated heterocycles.